The van der Waals surface area contributed by atoms with Gasteiger partial charge >= 0.3 is 5.97 Å². The van der Waals surface area contributed by atoms with E-state index in [2.05, 4.69) is 16.9 Å². The molecule has 2 N–H and O–H groups in total. The van der Waals surface area contributed by atoms with E-state index in [9.17, 15) is 14.9 Å². The van der Waals surface area contributed by atoms with Gasteiger partial charge in [-0.05, 0) is 24.6 Å². The molecule has 4 rings (SSSR count). The highest BCUT2D eigenvalue weighted by atomic mass is 32.1. The molecular formula is C17H17N3O4S. The summed E-state index contributed by atoms with van der Waals surface area (Å²) in [4.78, 5) is 25.0. The molecule has 0 radical (unpaired) electrons. The van der Waals surface area contributed by atoms with Gasteiger partial charge in [-0.25, -0.2) is 10.9 Å². The summed E-state index contributed by atoms with van der Waals surface area (Å²) in [5.41, 5.74) is 7.06. The summed E-state index contributed by atoms with van der Waals surface area (Å²) in [5.74, 6) is -0.249. The third-order valence-corrected chi connectivity index (χ3v) is 5.92. The van der Waals surface area contributed by atoms with E-state index in [1.54, 1.807) is 23.5 Å². The molecule has 0 amide bonds. The number of hydrogen-bond donors (Lipinski definition) is 2. The molecule has 7 nitrogen and oxygen atoms in total. The van der Waals surface area contributed by atoms with E-state index in [0.717, 1.165) is 10.4 Å². The molecule has 2 aromatic rings. The van der Waals surface area contributed by atoms with E-state index < -0.39 is 11.2 Å². The number of rotatable bonds is 3. The lowest BCUT2D eigenvalue weighted by Crippen LogP contribution is -2.41. The molecule has 0 aliphatic carbocycles. The highest BCUT2D eigenvalue weighted by Gasteiger charge is 2.48. The van der Waals surface area contributed by atoms with Crippen LogP contribution in [0, 0.1) is 23.0 Å². The van der Waals surface area contributed by atoms with Crippen LogP contribution in [0.15, 0.2) is 36.4 Å². The first-order chi connectivity index (χ1) is 12.0. The summed E-state index contributed by atoms with van der Waals surface area (Å²) in [7, 11) is 0. The largest absolute Gasteiger partial charge is 0.445 e. The highest BCUT2D eigenvalue weighted by Crippen LogP contribution is 2.46. The van der Waals surface area contributed by atoms with Crippen LogP contribution in [0.25, 0.3) is 0 Å². The van der Waals surface area contributed by atoms with Gasteiger partial charge < -0.3 is 4.74 Å². The summed E-state index contributed by atoms with van der Waals surface area (Å²) in [6, 6.07) is 10.5. The maximum Gasteiger partial charge on any atom is 0.308 e. The Hall–Kier alpha value is -2.29. The summed E-state index contributed by atoms with van der Waals surface area (Å²) in [6.07, 6.45) is -0.131. The number of carbonyl (C=O) groups excluding carboxylic acids is 1. The fourth-order valence-corrected chi connectivity index (χ4v) is 4.71. The van der Waals surface area contributed by atoms with Crippen LogP contribution in [-0.2, 0) is 9.53 Å². The zero-order valence-corrected chi connectivity index (χ0v) is 14.3. The van der Waals surface area contributed by atoms with Crippen LogP contribution in [0.2, 0.25) is 0 Å². The van der Waals surface area contributed by atoms with E-state index >= 15 is 0 Å². The SMILES string of the molecule is Cc1ccc(C2CC(=O)OC3NNC(c4cccc([N+](=O)[O-])c4)C32)s1. The Balaban J connectivity index is 1.71. The fourth-order valence-electron chi connectivity index (χ4n) is 3.68. The molecule has 2 saturated heterocycles. The summed E-state index contributed by atoms with van der Waals surface area (Å²) in [5, 5.41) is 11.1. The van der Waals surface area contributed by atoms with E-state index in [4.69, 9.17) is 4.74 Å². The second kappa shape index (κ2) is 6.21. The van der Waals surface area contributed by atoms with Crippen molar-refractivity contribution in [2.75, 3.05) is 0 Å². The molecule has 3 heterocycles. The zero-order valence-electron chi connectivity index (χ0n) is 13.5. The zero-order chi connectivity index (χ0) is 17.6. The number of non-ortho nitro benzene ring substituents is 1. The molecule has 4 atom stereocenters. The maximum absolute atomic E-state index is 12.0. The molecule has 0 bridgehead atoms. The Morgan fingerprint density at radius 1 is 1.28 bits per heavy atom. The molecule has 2 aliphatic heterocycles. The van der Waals surface area contributed by atoms with Gasteiger partial charge in [0.25, 0.3) is 5.69 Å². The van der Waals surface area contributed by atoms with Gasteiger partial charge in [0, 0.05) is 33.7 Å². The van der Waals surface area contributed by atoms with Gasteiger partial charge in [-0.15, -0.1) is 11.3 Å². The highest BCUT2D eigenvalue weighted by molar-refractivity contribution is 7.12. The van der Waals surface area contributed by atoms with Gasteiger partial charge in [0.15, 0.2) is 6.23 Å². The Bertz CT molecular complexity index is 837. The quantitative estimate of drug-likeness (QED) is 0.497. The summed E-state index contributed by atoms with van der Waals surface area (Å²) in [6.45, 7) is 2.04. The molecule has 1 aromatic carbocycles. The van der Waals surface area contributed by atoms with Gasteiger partial charge in [0.05, 0.1) is 17.4 Å². The monoisotopic (exact) mass is 359 g/mol. The second-order valence-corrected chi connectivity index (χ2v) is 7.68. The van der Waals surface area contributed by atoms with E-state index in [0.29, 0.717) is 6.42 Å². The first-order valence-corrected chi connectivity index (χ1v) is 8.86. The Labute approximate surface area is 148 Å². The van der Waals surface area contributed by atoms with Crippen molar-refractivity contribution in [3.63, 3.8) is 0 Å². The number of nitrogens with zero attached hydrogens (tertiary/aromatic N) is 1. The van der Waals surface area contributed by atoms with Crippen molar-refractivity contribution < 1.29 is 14.5 Å². The lowest BCUT2D eigenvalue weighted by atomic mass is 9.78. The molecule has 25 heavy (non-hydrogen) atoms. The lowest BCUT2D eigenvalue weighted by Gasteiger charge is -2.34. The summed E-state index contributed by atoms with van der Waals surface area (Å²) >= 11 is 1.68. The van der Waals surface area contributed by atoms with Gasteiger partial charge in [0.1, 0.15) is 0 Å². The molecule has 2 aliphatic rings. The standard InChI is InChI=1S/C17H17N3O4S/c1-9-5-6-13(25-9)12-8-14(21)24-17-15(12)16(18-19-17)10-3-2-4-11(7-10)20(22)23/h2-7,12,15-19H,8H2,1H3. The number of hydrogen-bond acceptors (Lipinski definition) is 7. The number of thiophene rings is 1. The molecule has 130 valence electrons. The molecule has 0 saturated carbocycles. The van der Waals surface area contributed by atoms with E-state index in [1.807, 2.05) is 19.1 Å². The number of carbonyl (C=O) groups is 1. The average Bonchev–Trinajstić information content (AvgIpc) is 3.20. The minimum absolute atomic E-state index is 0.0108. The molecule has 4 unspecified atom stereocenters. The Kier molecular flexibility index (Phi) is 4.03. The first kappa shape index (κ1) is 16.2. The number of esters is 1. The van der Waals surface area contributed by atoms with Crippen molar-refractivity contribution in [3.8, 4) is 0 Å². The predicted molar refractivity (Wildman–Crippen MR) is 91.9 cm³/mol. The minimum Gasteiger partial charge on any atom is -0.445 e. The number of nitro benzene ring substituents is 1. The second-order valence-electron chi connectivity index (χ2n) is 6.37. The molecule has 0 spiro atoms. The van der Waals surface area contributed by atoms with Gasteiger partial charge in [0.2, 0.25) is 0 Å². The number of benzene rings is 1. The number of nitro groups is 1. The van der Waals surface area contributed by atoms with Crippen molar-refractivity contribution in [1.82, 2.24) is 10.9 Å². The van der Waals surface area contributed by atoms with Gasteiger partial charge in [-0.3, -0.25) is 14.9 Å². The Morgan fingerprint density at radius 3 is 2.84 bits per heavy atom. The van der Waals surface area contributed by atoms with E-state index in [1.165, 1.54) is 10.9 Å². The maximum atomic E-state index is 12.0. The van der Waals surface area contributed by atoms with Gasteiger partial charge in [-0.1, -0.05) is 12.1 Å². The van der Waals surface area contributed by atoms with Crippen molar-refractivity contribution >= 4 is 23.0 Å². The fraction of sp³-hybridized carbons (Fsp3) is 0.353. The van der Waals surface area contributed by atoms with Crippen LogP contribution < -0.4 is 10.9 Å². The molecule has 1 aromatic heterocycles. The molecule has 2 fully saturated rings. The van der Waals surface area contributed by atoms with Crippen molar-refractivity contribution in [2.45, 2.75) is 31.5 Å². The topological polar surface area (TPSA) is 93.5 Å². The van der Waals surface area contributed by atoms with E-state index in [-0.39, 0.29) is 29.5 Å². The predicted octanol–water partition coefficient (Wildman–Crippen LogP) is 2.79. The number of ether oxygens (including phenoxy) is 1. The van der Waals surface area contributed by atoms with Crippen LogP contribution in [0.4, 0.5) is 5.69 Å². The third kappa shape index (κ3) is 2.92. The van der Waals surface area contributed by atoms with Crippen molar-refractivity contribution in [2.24, 2.45) is 5.92 Å². The van der Waals surface area contributed by atoms with Crippen LogP contribution in [0.1, 0.15) is 33.7 Å². The number of nitrogens with one attached hydrogen (secondary N) is 2. The number of aryl methyl sites for hydroxylation is 1. The van der Waals surface area contributed by atoms with Crippen molar-refractivity contribution in [3.05, 3.63) is 61.8 Å². The van der Waals surface area contributed by atoms with Crippen LogP contribution in [0.3, 0.4) is 0 Å². The normalized spacial score (nSPS) is 28.4. The minimum atomic E-state index is -0.446. The van der Waals surface area contributed by atoms with Crippen molar-refractivity contribution in [1.29, 1.82) is 0 Å². The lowest BCUT2D eigenvalue weighted by molar-refractivity contribution is -0.384. The smallest absolute Gasteiger partial charge is 0.308 e. The molecular weight excluding hydrogens is 342 g/mol. The average molecular weight is 359 g/mol. The Morgan fingerprint density at radius 2 is 2.12 bits per heavy atom. The number of fused-ring (bicyclic) bond motifs is 1. The number of hydrazine groups is 1. The first-order valence-electron chi connectivity index (χ1n) is 8.04. The van der Waals surface area contributed by atoms with Gasteiger partial charge in [-0.2, -0.15) is 0 Å². The third-order valence-electron chi connectivity index (χ3n) is 4.79. The molecule has 8 heteroatoms. The van der Waals surface area contributed by atoms with Crippen LogP contribution in [0.5, 0.6) is 0 Å². The van der Waals surface area contributed by atoms with Crippen LogP contribution in [-0.4, -0.2) is 17.1 Å². The summed E-state index contributed by atoms with van der Waals surface area (Å²) < 4.78 is 5.46. The van der Waals surface area contributed by atoms with Crippen LogP contribution >= 0.6 is 11.3 Å².